The number of carbonyl (C=O) groups excluding carboxylic acids is 1. The predicted molar refractivity (Wildman–Crippen MR) is 84.2 cm³/mol. The van der Waals surface area contributed by atoms with Crippen LogP contribution in [0, 0.1) is 11.8 Å². The van der Waals surface area contributed by atoms with Crippen LogP contribution in [-0.2, 0) is 0 Å². The van der Waals surface area contributed by atoms with Crippen molar-refractivity contribution in [3.8, 4) is 0 Å². The Morgan fingerprint density at radius 2 is 2.14 bits per heavy atom. The van der Waals surface area contributed by atoms with Gasteiger partial charge in [-0.3, -0.25) is 4.90 Å². The topological polar surface area (TPSA) is 64.6 Å². The highest BCUT2D eigenvalue weighted by molar-refractivity contribution is 5.74. The largest absolute Gasteiger partial charge is 0.394 e. The van der Waals surface area contributed by atoms with Crippen LogP contribution >= 0.6 is 0 Å². The molecule has 2 aliphatic rings. The third-order valence-corrected chi connectivity index (χ3v) is 5.08. The number of nitrogens with zero attached hydrogens (tertiary/aromatic N) is 1. The van der Waals surface area contributed by atoms with E-state index in [1.54, 1.807) is 0 Å². The monoisotopic (exact) mass is 297 g/mol. The number of carbonyl (C=O) groups is 1. The van der Waals surface area contributed by atoms with Crippen molar-refractivity contribution >= 4 is 6.03 Å². The maximum absolute atomic E-state index is 12.0. The number of aliphatic hydroxyl groups excluding tert-OH is 1. The quantitative estimate of drug-likeness (QED) is 0.697. The number of aliphatic hydroxyl groups is 1. The molecule has 2 amide bonds. The van der Waals surface area contributed by atoms with E-state index in [1.165, 1.54) is 12.8 Å². The number of piperidine rings is 1. The Bertz CT molecular complexity index is 359. The minimum absolute atomic E-state index is 0.00425. The Hall–Kier alpha value is -0.810. The fraction of sp³-hybridized carbons (Fsp3) is 0.938. The molecule has 0 spiro atoms. The van der Waals surface area contributed by atoms with E-state index < -0.39 is 5.54 Å². The number of likely N-dealkylation sites (tertiary alicyclic amines) is 1. The van der Waals surface area contributed by atoms with Crippen LogP contribution in [0.5, 0.6) is 0 Å². The Morgan fingerprint density at radius 1 is 1.43 bits per heavy atom. The standard InChI is InChI=1S/C16H31N3O2/c1-12-5-4-8-19(10-12)13(2)9-17-15(21)18-16(3,11-20)14-6-7-14/h12-14,20H,4-11H2,1-3H3,(H2,17,18,21). The molecule has 2 rings (SSSR count). The summed E-state index contributed by atoms with van der Waals surface area (Å²) < 4.78 is 0. The lowest BCUT2D eigenvalue weighted by Gasteiger charge is -2.36. The van der Waals surface area contributed by atoms with Gasteiger partial charge in [0.2, 0.25) is 0 Å². The Kier molecular flexibility index (Phi) is 5.49. The summed E-state index contributed by atoms with van der Waals surface area (Å²) in [5.74, 6) is 1.18. The molecule has 21 heavy (non-hydrogen) atoms. The molecular formula is C16H31N3O2. The van der Waals surface area contributed by atoms with Crippen molar-refractivity contribution in [2.75, 3.05) is 26.2 Å². The van der Waals surface area contributed by atoms with E-state index in [-0.39, 0.29) is 12.6 Å². The highest BCUT2D eigenvalue weighted by Gasteiger charge is 2.42. The maximum atomic E-state index is 12.0. The van der Waals surface area contributed by atoms with Crippen LogP contribution in [0.25, 0.3) is 0 Å². The Labute approximate surface area is 128 Å². The molecule has 0 radical (unpaired) electrons. The van der Waals surface area contributed by atoms with Crippen LogP contribution in [0.15, 0.2) is 0 Å². The summed E-state index contributed by atoms with van der Waals surface area (Å²) in [6.45, 7) is 9.31. The smallest absolute Gasteiger partial charge is 0.315 e. The SMILES string of the molecule is CC1CCCN(C(C)CNC(=O)NC(C)(CO)C2CC2)C1. The normalized spacial score (nSPS) is 27.7. The summed E-state index contributed by atoms with van der Waals surface area (Å²) in [5.41, 5.74) is -0.465. The number of nitrogens with one attached hydrogen (secondary N) is 2. The van der Waals surface area contributed by atoms with Crippen LogP contribution in [0.2, 0.25) is 0 Å². The molecule has 1 aliphatic carbocycles. The van der Waals surface area contributed by atoms with Gasteiger partial charge in [-0.05, 0) is 57.9 Å². The molecule has 0 aromatic rings. The van der Waals surface area contributed by atoms with Gasteiger partial charge in [0.05, 0.1) is 12.1 Å². The molecule has 3 unspecified atom stereocenters. The number of rotatable bonds is 6. The van der Waals surface area contributed by atoms with Gasteiger partial charge in [-0.2, -0.15) is 0 Å². The zero-order valence-corrected chi connectivity index (χ0v) is 13.7. The van der Waals surface area contributed by atoms with Crippen molar-refractivity contribution in [1.82, 2.24) is 15.5 Å². The first-order valence-electron chi connectivity index (χ1n) is 8.35. The van der Waals surface area contributed by atoms with Gasteiger partial charge in [-0.25, -0.2) is 4.79 Å². The van der Waals surface area contributed by atoms with Crippen LogP contribution in [-0.4, -0.2) is 53.9 Å². The van der Waals surface area contributed by atoms with Crippen LogP contribution in [0.3, 0.4) is 0 Å². The van der Waals surface area contributed by atoms with Crippen molar-refractivity contribution in [1.29, 1.82) is 0 Å². The molecule has 0 aromatic heterocycles. The van der Waals surface area contributed by atoms with Gasteiger partial charge in [0.15, 0.2) is 0 Å². The summed E-state index contributed by atoms with van der Waals surface area (Å²) in [5, 5.41) is 15.4. The summed E-state index contributed by atoms with van der Waals surface area (Å²) in [6.07, 6.45) is 4.76. The average Bonchev–Trinajstić information content (AvgIpc) is 3.29. The number of hydrogen-bond donors (Lipinski definition) is 3. The highest BCUT2D eigenvalue weighted by atomic mass is 16.3. The molecule has 1 saturated heterocycles. The van der Waals surface area contributed by atoms with E-state index in [9.17, 15) is 9.90 Å². The van der Waals surface area contributed by atoms with E-state index in [0.29, 0.717) is 18.5 Å². The lowest BCUT2D eigenvalue weighted by molar-refractivity contribution is 0.133. The second-order valence-corrected chi connectivity index (χ2v) is 7.28. The summed E-state index contributed by atoms with van der Waals surface area (Å²) in [4.78, 5) is 14.5. The first-order chi connectivity index (χ1) is 9.94. The van der Waals surface area contributed by atoms with Crippen LogP contribution < -0.4 is 10.6 Å². The van der Waals surface area contributed by atoms with E-state index in [1.807, 2.05) is 6.92 Å². The van der Waals surface area contributed by atoms with Crippen molar-refractivity contribution in [2.24, 2.45) is 11.8 Å². The predicted octanol–water partition coefficient (Wildman–Crippen LogP) is 1.57. The molecule has 2 fully saturated rings. The molecule has 1 aliphatic heterocycles. The van der Waals surface area contributed by atoms with E-state index in [0.717, 1.165) is 31.8 Å². The lowest BCUT2D eigenvalue weighted by atomic mass is 9.97. The molecule has 3 N–H and O–H groups in total. The van der Waals surface area contributed by atoms with Gasteiger partial charge in [-0.15, -0.1) is 0 Å². The first kappa shape index (κ1) is 16.6. The molecule has 5 nitrogen and oxygen atoms in total. The van der Waals surface area contributed by atoms with Gasteiger partial charge in [0.1, 0.15) is 0 Å². The number of amides is 2. The summed E-state index contributed by atoms with van der Waals surface area (Å²) in [7, 11) is 0. The summed E-state index contributed by atoms with van der Waals surface area (Å²) in [6, 6.07) is 0.204. The number of hydrogen-bond acceptors (Lipinski definition) is 3. The molecule has 0 bridgehead atoms. The molecule has 1 saturated carbocycles. The minimum Gasteiger partial charge on any atom is -0.394 e. The van der Waals surface area contributed by atoms with Crippen molar-refractivity contribution in [3.63, 3.8) is 0 Å². The fourth-order valence-electron chi connectivity index (χ4n) is 3.29. The van der Waals surface area contributed by atoms with Crippen molar-refractivity contribution in [2.45, 2.75) is 58.0 Å². The Balaban J connectivity index is 1.72. The van der Waals surface area contributed by atoms with Gasteiger partial charge in [0.25, 0.3) is 0 Å². The zero-order valence-electron chi connectivity index (χ0n) is 13.7. The zero-order chi connectivity index (χ0) is 15.5. The second kappa shape index (κ2) is 6.97. The molecule has 122 valence electrons. The molecule has 3 atom stereocenters. The lowest BCUT2D eigenvalue weighted by Crippen LogP contribution is -2.56. The summed E-state index contributed by atoms with van der Waals surface area (Å²) >= 11 is 0. The van der Waals surface area contributed by atoms with E-state index in [4.69, 9.17) is 0 Å². The third kappa shape index (κ3) is 4.58. The minimum atomic E-state index is -0.465. The highest BCUT2D eigenvalue weighted by Crippen LogP contribution is 2.39. The molecule has 0 aromatic carbocycles. The van der Waals surface area contributed by atoms with Crippen molar-refractivity contribution < 1.29 is 9.90 Å². The second-order valence-electron chi connectivity index (χ2n) is 7.28. The van der Waals surface area contributed by atoms with E-state index in [2.05, 4.69) is 29.4 Å². The number of urea groups is 1. The fourth-order valence-corrected chi connectivity index (χ4v) is 3.29. The molecular weight excluding hydrogens is 266 g/mol. The van der Waals surface area contributed by atoms with Gasteiger partial charge >= 0.3 is 6.03 Å². The van der Waals surface area contributed by atoms with Gasteiger partial charge in [-0.1, -0.05) is 6.92 Å². The van der Waals surface area contributed by atoms with E-state index >= 15 is 0 Å². The van der Waals surface area contributed by atoms with Crippen molar-refractivity contribution in [3.05, 3.63) is 0 Å². The van der Waals surface area contributed by atoms with Crippen LogP contribution in [0.4, 0.5) is 4.79 Å². The van der Waals surface area contributed by atoms with Gasteiger partial charge < -0.3 is 15.7 Å². The Morgan fingerprint density at radius 3 is 2.71 bits per heavy atom. The molecule has 5 heteroatoms. The average molecular weight is 297 g/mol. The maximum Gasteiger partial charge on any atom is 0.315 e. The van der Waals surface area contributed by atoms with Gasteiger partial charge in [0, 0.05) is 19.1 Å². The third-order valence-electron chi connectivity index (χ3n) is 5.08. The molecule has 1 heterocycles. The van der Waals surface area contributed by atoms with Crippen LogP contribution in [0.1, 0.15) is 46.5 Å². The first-order valence-corrected chi connectivity index (χ1v) is 8.35.